The lowest BCUT2D eigenvalue weighted by Gasteiger charge is -2.17. The van der Waals surface area contributed by atoms with E-state index in [1.165, 1.54) is 39.9 Å². The van der Waals surface area contributed by atoms with Gasteiger partial charge in [-0.15, -0.1) is 24.0 Å². The highest BCUT2D eigenvalue weighted by Gasteiger charge is 2.16. The van der Waals surface area contributed by atoms with Gasteiger partial charge in [0.15, 0.2) is 5.96 Å². The zero-order chi connectivity index (χ0) is 16.7. The molecule has 0 radical (unpaired) electrons. The molecule has 1 aliphatic rings. The van der Waals surface area contributed by atoms with Crippen molar-refractivity contribution in [2.45, 2.75) is 38.3 Å². The van der Waals surface area contributed by atoms with E-state index in [0.29, 0.717) is 23.9 Å². The van der Waals surface area contributed by atoms with Crippen LogP contribution in [-0.4, -0.2) is 39.2 Å². The Morgan fingerprint density at radius 1 is 1.29 bits per heavy atom. The van der Waals surface area contributed by atoms with E-state index in [1.807, 2.05) is 6.07 Å². The Morgan fingerprint density at radius 3 is 2.58 bits per heavy atom. The quantitative estimate of drug-likeness (QED) is 0.315. The number of halogens is 1. The molecule has 134 valence electrons. The van der Waals surface area contributed by atoms with Crippen LogP contribution in [0.4, 0.5) is 0 Å². The average Bonchev–Trinajstić information content (AvgIpc) is 3.10. The summed E-state index contributed by atoms with van der Waals surface area (Å²) in [5.74, 6) is 0.888. The Morgan fingerprint density at radius 2 is 2.00 bits per heavy atom. The SMILES string of the molecule is CN=C(NCc1ccc(OC)c(C(=O)OC)c1)NC1CCCC1.I. The lowest BCUT2D eigenvalue weighted by molar-refractivity contribution is 0.0597. The largest absolute Gasteiger partial charge is 0.496 e. The van der Waals surface area contributed by atoms with Gasteiger partial charge in [0.2, 0.25) is 0 Å². The first-order valence-corrected chi connectivity index (χ1v) is 7.90. The smallest absolute Gasteiger partial charge is 0.341 e. The van der Waals surface area contributed by atoms with Crippen molar-refractivity contribution in [3.8, 4) is 5.75 Å². The van der Waals surface area contributed by atoms with E-state index in [9.17, 15) is 4.79 Å². The Labute approximate surface area is 160 Å². The Hall–Kier alpha value is -1.51. The van der Waals surface area contributed by atoms with E-state index in [2.05, 4.69) is 15.6 Å². The molecular weight excluding hydrogens is 421 g/mol. The third-order valence-electron chi connectivity index (χ3n) is 4.05. The third kappa shape index (κ3) is 5.54. The van der Waals surface area contributed by atoms with Gasteiger partial charge in [-0.05, 0) is 30.5 Å². The number of methoxy groups -OCH3 is 2. The second-order valence-corrected chi connectivity index (χ2v) is 5.58. The third-order valence-corrected chi connectivity index (χ3v) is 4.05. The summed E-state index contributed by atoms with van der Waals surface area (Å²) in [5, 5.41) is 6.71. The molecule has 24 heavy (non-hydrogen) atoms. The van der Waals surface area contributed by atoms with Crippen molar-refractivity contribution in [1.82, 2.24) is 10.6 Å². The lowest BCUT2D eigenvalue weighted by atomic mass is 10.1. The topological polar surface area (TPSA) is 72.0 Å². The molecule has 0 heterocycles. The monoisotopic (exact) mass is 447 g/mol. The predicted octanol–water partition coefficient (Wildman–Crippen LogP) is 2.71. The molecule has 0 bridgehead atoms. The molecule has 7 heteroatoms. The maximum absolute atomic E-state index is 11.8. The van der Waals surface area contributed by atoms with Crippen LogP contribution in [-0.2, 0) is 11.3 Å². The second kappa shape index (κ2) is 10.4. The van der Waals surface area contributed by atoms with E-state index in [1.54, 1.807) is 19.2 Å². The van der Waals surface area contributed by atoms with Crippen LogP contribution in [0.2, 0.25) is 0 Å². The van der Waals surface area contributed by atoms with Crippen LogP contribution < -0.4 is 15.4 Å². The number of carbonyl (C=O) groups is 1. The first kappa shape index (κ1) is 20.5. The standard InChI is InChI=1S/C17H25N3O3.HI/c1-18-17(20-13-6-4-5-7-13)19-11-12-8-9-15(22-2)14(10-12)16(21)23-3;/h8-10,13H,4-7,11H2,1-3H3,(H2,18,19,20);1H. The van der Waals surface area contributed by atoms with Crippen LogP contribution in [0.5, 0.6) is 5.75 Å². The summed E-state index contributed by atoms with van der Waals surface area (Å²) in [7, 11) is 4.66. The number of nitrogens with one attached hydrogen (secondary N) is 2. The lowest BCUT2D eigenvalue weighted by Crippen LogP contribution is -2.41. The van der Waals surface area contributed by atoms with Crippen molar-refractivity contribution in [3.05, 3.63) is 29.3 Å². The summed E-state index contributed by atoms with van der Waals surface area (Å²) in [6.45, 7) is 0.570. The van der Waals surface area contributed by atoms with Crippen molar-refractivity contribution >= 4 is 35.9 Å². The van der Waals surface area contributed by atoms with Gasteiger partial charge in [0.25, 0.3) is 0 Å². The summed E-state index contributed by atoms with van der Waals surface area (Å²) in [6, 6.07) is 5.97. The van der Waals surface area contributed by atoms with Gasteiger partial charge < -0.3 is 20.1 Å². The normalized spacial score (nSPS) is 14.7. The molecule has 2 N–H and O–H groups in total. The predicted molar refractivity (Wildman–Crippen MR) is 105 cm³/mol. The van der Waals surface area contributed by atoms with Crippen LogP contribution >= 0.6 is 24.0 Å². The molecule has 0 atom stereocenters. The summed E-state index contributed by atoms with van der Waals surface area (Å²) < 4.78 is 10.00. The molecule has 1 aromatic carbocycles. The zero-order valence-electron chi connectivity index (χ0n) is 14.4. The maximum atomic E-state index is 11.8. The molecule has 0 unspecified atom stereocenters. The zero-order valence-corrected chi connectivity index (χ0v) is 16.8. The molecule has 1 aliphatic carbocycles. The highest BCUT2D eigenvalue weighted by molar-refractivity contribution is 14.0. The van der Waals surface area contributed by atoms with E-state index in [4.69, 9.17) is 9.47 Å². The fourth-order valence-electron chi connectivity index (χ4n) is 2.78. The van der Waals surface area contributed by atoms with Gasteiger partial charge in [-0.1, -0.05) is 18.9 Å². The molecule has 2 rings (SSSR count). The van der Waals surface area contributed by atoms with E-state index in [0.717, 1.165) is 11.5 Å². The van der Waals surface area contributed by atoms with Gasteiger partial charge in [0, 0.05) is 19.6 Å². The number of guanidine groups is 1. The Bertz CT molecular complexity index is 572. The number of hydrogen-bond acceptors (Lipinski definition) is 4. The highest BCUT2D eigenvalue weighted by Crippen LogP contribution is 2.21. The van der Waals surface area contributed by atoms with E-state index >= 15 is 0 Å². The molecule has 0 amide bonds. The number of carbonyl (C=O) groups excluding carboxylic acids is 1. The van der Waals surface area contributed by atoms with Crippen LogP contribution in [0, 0.1) is 0 Å². The minimum atomic E-state index is -0.405. The minimum absolute atomic E-state index is 0. The number of aliphatic imine (C=N–C) groups is 1. The number of nitrogens with zero attached hydrogens (tertiary/aromatic N) is 1. The highest BCUT2D eigenvalue weighted by atomic mass is 127. The van der Waals surface area contributed by atoms with Crippen molar-refractivity contribution in [1.29, 1.82) is 0 Å². The first-order valence-electron chi connectivity index (χ1n) is 7.90. The van der Waals surface area contributed by atoms with Crippen molar-refractivity contribution < 1.29 is 14.3 Å². The molecule has 1 saturated carbocycles. The van der Waals surface area contributed by atoms with E-state index < -0.39 is 5.97 Å². The van der Waals surface area contributed by atoms with Crippen LogP contribution in [0.1, 0.15) is 41.6 Å². The van der Waals surface area contributed by atoms with E-state index in [-0.39, 0.29) is 24.0 Å². The number of esters is 1. The number of rotatable bonds is 5. The summed E-state index contributed by atoms with van der Waals surface area (Å²) in [5.41, 5.74) is 1.38. The number of ether oxygens (including phenoxy) is 2. The van der Waals surface area contributed by atoms with Gasteiger partial charge in [0.1, 0.15) is 11.3 Å². The molecule has 0 saturated heterocycles. The molecule has 0 spiro atoms. The fraction of sp³-hybridized carbons (Fsp3) is 0.529. The summed E-state index contributed by atoms with van der Waals surface area (Å²) >= 11 is 0. The first-order chi connectivity index (χ1) is 11.2. The summed E-state index contributed by atoms with van der Waals surface area (Å²) in [4.78, 5) is 16.1. The van der Waals surface area contributed by atoms with Gasteiger partial charge >= 0.3 is 5.97 Å². The van der Waals surface area contributed by atoms with Crippen molar-refractivity contribution in [2.75, 3.05) is 21.3 Å². The molecule has 1 aromatic rings. The number of hydrogen-bond donors (Lipinski definition) is 2. The molecule has 6 nitrogen and oxygen atoms in total. The van der Waals surface area contributed by atoms with Crippen LogP contribution in [0.3, 0.4) is 0 Å². The fourth-order valence-corrected chi connectivity index (χ4v) is 2.78. The Kier molecular flexibility index (Phi) is 8.88. The average molecular weight is 447 g/mol. The second-order valence-electron chi connectivity index (χ2n) is 5.58. The van der Waals surface area contributed by atoms with Crippen LogP contribution in [0.15, 0.2) is 23.2 Å². The molecular formula is C17H26IN3O3. The van der Waals surface area contributed by atoms with Gasteiger partial charge in [-0.3, -0.25) is 4.99 Å². The molecule has 0 aromatic heterocycles. The van der Waals surface area contributed by atoms with Gasteiger partial charge in [-0.25, -0.2) is 4.79 Å². The van der Waals surface area contributed by atoms with Crippen molar-refractivity contribution in [3.63, 3.8) is 0 Å². The maximum Gasteiger partial charge on any atom is 0.341 e. The van der Waals surface area contributed by atoms with Crippen molar-refractivity contribution in [2.24, 2.45) is 4.99 Å². The summed E-state index contributed by atoms with van der Waals surface area (Å²) in [6.07, 6.45) is 4.93. The van der Waals surface area contributed by atoms with Crippen LogP contribution in [0.25, 0.3) is 0 Å². The number of benzene rings is 1. The Balaban J connectivity index is 0.00000288. The minimum Gasteiger partial charge on any atom is -0.496 e. The molecule has 0 aliphatic heterocycles. The molecule has 1 fully saturated rings. The van der Waals surface area contributed by atoms with Gasteiger partial charge in [-0.2, -0.15) is 0 Å². The van der Waals surface area contributed by atoms with Gasteiger partial charge in [0.05, 0.1) is 14.2 Å².